The first-order chi connectivity index (χ1) is 8.69. The predicted octanol–water partition coefficient (Wildman–Crippen LogP) is 3.81. The Morgan fingerprint density at radius 2 is 1.78 bits per heavy atom. The molecule has 0 spiro atoms. The molecule has 0 atom stereocenters. The molecule has 0 aliphatic heterocycles. The first kappa shape index (κ1) is 13.8. The average molecular weight is 289 g/mol. The highest BCUT2D eigenvalue weighted by Crippen LogP contribution is 2.30. The van der Waals surface area contributed by atoms with Gasteiger partial charge in [0.05, 0.1) is 0 Å². The lowest BCUT2D eigenvalue weighted by atomic mass is 9.81. The molecule has 6 heteroatoms. The Labute approximate surface area is 117 Å². The molecular formula is C12H18Cl2N4. The second-order valence-corrected chi connectivity index (χ2v) is 5.59. The van der Waals surface area contributed by atoms with Gasteiger partial charge in [0.25, 0.3) is 0 Å². The number of halogens is 2. The van der Waals surface area contributed by atoms with Crippen LogP contribution in [-0.4, -0.2) is 21.7 Å². The van der Waals surface area contributed by atoms with Crippen LogP contribution in [0.3, 0.4) is 0 Å². The summed E-state index contributed by atoms with van der Waals surface area (Å²) in [5.74, 6) is 2.15. The van der Waals surface area contributed by atoms with Crippen molar-refractivity contribution in [3.63, 3.8) is 0 Å². The molecule has 1 aliphatic rings. The number of nitrogens with zero attached hydrogens (tertiary/aromatic N) is 3. The molecule has 1 aromatic rings. The minimum Gasteiger partial charge on any atom is -0.367 e. The molecule has 18 heavy (non-hydrogen) atoms. The second-order valence-electron chi connectivity index (χ2n) is 4.90. The Bertz CT molecular complexity index is 392. The minimum absolute atomic E-state index is 0.122. The van der Waals surface area contributed by atoms with Crippen molar-refractivity contribution in [2.75, 3.05) is 11.9 Å². The van der Waals surface area contributed by atoms with Crippen LogP contribution < -0.4 is 5.32 Å². The van der Waals surface area contributed by atoms with Crippen LogP contribution in [0.2, 0.25) is 10.4 Å². The van der Waals surface area contributed by atoms with E-state index in [1.54, 1.807) is 0 Å². The van der Waals surface area contributed by atoms with Crippen molar-refractivity contribution in [1.82, 2.24) is 15.2 Å². The maximum absolute atomic E-state index is 5.90. The van der Waals surface area contributed by atoms with Crippen molar-refractivity contribution in [2.24, 2.45) is 11.8 Å². The largest absolute Gasteiger partial charge is 0.367 e. The summed E-state index contributed by atoms with van der Waals surface area (Å²) in [5, 5.41) is 10.9. The van der Waals surface area contributed by atoms with Crippen molar-refractivity contribution >= 4 is 29.0 Å². The Balaban J connectivity index is 1.83. The quantitative estimate of drug-likeness (QED) is 0.915. The lowest BCUT2D eigenvalue weighted by Crippen LogP contribution is -2.21. The van der Waals surface area contributed by atoms with Gasteiger partial charge in [-0.05, 0) is 36.3 Å². The number of anilines is 1. The summed E-state index contributed by atoms with van der Waals surface area (Å²) >= 11 is 11.6. The standard InChI is InChI=1S/C12H18Cl2N4/c1-2-8-3-5-9(6-4-8)7-15-11-10(13)17-18-12(14)16-11/h8-9H,2-7H2,1H3,(H,15,16,18). The van der Waals surface area contributed by atoms with E-state index in [4.69, 9.17) is 23.2 Å². The number of rotatable bonds is 4. The van der Waals surface area contributed by atoms with Gasteiger partial charge in [0, 0.05) is 6.54 Å². The van der Waals surface area contributed by atoms with Crippen LogP contribution in [0.4, 0.5) is 5.82 Å². The summed E-state index contributed by atoms with van der Waals surface area (Å²) in [6.45, 7) is 3.16. The summed E-state index contributed by atoms with van der Waals surface area (Å²) in [5.41, 5.74) is 0. The monoisotopic (exact) mass is 288 g/mol. The van der Waals surface area contributed by atoms with Crippen molar-refractivity contribution < 1.29 is 0 Å². The maximum atomic E-state index is 5.90. The molecule has 1 heterocycles. The van der Waals surface area contributed by atoms with Gasteiger partial charge >= 0.3 is 0 Å². The summed E-state index contributed by atoms with van der Waals surface area (Å²) in [6.07, 6.45) is 6.51. The predicted molar refractivity (Wildman–Crippen MR) is 74.1 cm³/mol. The van der Waals surface area contributed by atoms with Gasteiger partial charge in [0.15, 0.2) is 11.0 Å². The Morgan fingerprint density at radius 1 is 1.11 bits per heavy atom. The molecule has 0 amide bonds. The summed E-state index contributed by atoms with van der Waals surface area (Å²) in [7, 11) is 0. The van der Waals surface area contributed by atoms with E-state index in [1.807, 2.05) is 0 Å². The van der Waals surface area contributed by atoms with E-state index in [2.05, 4.69) is 27.4 Å². The van der Waals surface area contributed by atoms with Crippen LogP contribution in [0.25, 0.3) is 0 Å². The van der Waals surface area contributed by atoms with Crippen molar-refractivity contribution in [3.05, 3.63) is 10.4 Å². The van der Waals surface area contributed by atoms with Crippen molar-refractivity contribution in [3.8, 4) is 0 Å². The Morgan fingerprint density at radius 3 is 2.44 bits per heavy atom. The van der Waals surface area contributed by atoms with Crippen molar-refractivity contribution in [2.45, 2.75) is 39.0 Å². The van der Waals surface area contributed by atoms with Crippen LogP contribution >= 0.6 is 23.2 Å². The molecule has 0 aromatic carbocycles. The minimum atomic E-state index is 0.122. The molecule has 0 unspecified atom stereocenters. The zero-order valence-corrected chi connectivity index (χ0v) is 12.0. The zero-order valence-electron chi connectivity index (χ0n) is 10.5. The molecule has 0 saturated heterocycles. The van der Waals surface area contributed by atoms with E-state index >= 15 is 0 Å². The van der Waals surface area contributed by atoms with Crippen LogP contribution in [0, 0.1) is 11.8 Å². The topological polar surface area (TPSA) is 50.7 Å². The van der Waals surface area contributed by atoms with Gasteiger partial charge in [-0.2, -0.15) is 4.98 Å². The fraction of sp³-hybridized carbons (Fsp3) is 0.750. The molecule has 1 N–H and O–H groups in total. The molecule has 2 rings (SSSR count). The number of hydrogen-bond acceptors (Lipinski definition) is 4. The second kappa shape index (κ2) is 6.53. The van der Waals surface area contributed by atoms with E-state index in [0.717, 1.165) is 12.5 Å². The van der Waals surface area contributed by atoms with E-state index < -0.39 is 0 Å². The van der Waals surface area contributed by atoms with E-state index in [1.165, 1.54) is 32.1 Å². The highest BCUT2D eigenvalue weighted by atomic mass is 35.5. The normalized spacial score (nSPS) is 23.9. The number of nitrogens with one attached hydrogen (secondary N) is 1. The molecule has 4 nitrogen and oxygen atoms in total. The van der Waals surface area contributed by atoms with Gasteiger partial charge < -0.3 is 5.32 Å². The smallest absolute Gasteiger partial charge is 0.245 e. The molecular weight excluding hydrogens is 271 g/mol. The Kier molecular flexibility index (Phi) is 5.01. The molecule has 1 aliphatic carbocycles. The lowest BCUT2D eigenvalue weighted by Gasteiger charge is -2.27. The zero-order chi connectivity index (χ0) is 13.0. The summed E-state index contributed by atoms with van der Waals surface area (Å²) < 4.78 is 0. The molecule has 100 valence electrons. The Hall–Kier alpha value is -0.610. The summed E-state index contributed by atoms with van der Waals surface area (Å²) in [6, 6.07) is 0. The highest BCUT2D eigenvalue weighted by molar-refractivity contribution is 6.32. The first-order valence-electron chi connectivity index (χ1n) is 6.48. The fourth-order valence-corrected chi connectivity index (χ4v) is 2.76. The summed E-state index contributed by atoms with van der Waals surface area (Å²) in [4.78, 5) is 4.04. The molecule has 1 fully saturated rings. The van der Waals surface area contributed by atoms with E-state index in [9.17, 15) is 0 Å². The van der Waals surface area contributed by atoms with Crippen LogP contribution in [0.5, 0.6) is 0 Å². The van der Waals surface area contributed by atoms with Crippen LogP contribution in [-0.2, 0) is 0 Å². The van der Waals surface area contributed by atoms with Gasteiger partial charge in [-0.3, -0.25) is 0 Å². The molecule has 0 bridgehead atoms. The van der Waals surface area contributed by atoms with Crippen molar-refractivity contribution in [1.29, 1.82) is 0 Å². The van der Waals surface area contributed by atoms with Crippen LogP contribution in [0.1, 0.15) is 39.0 Å². The fourth-order valence-electron chi connectivity index (χ4n) is 2.49. The third-order valence-electron chi connectivity index (χ3n) is 3.72. The average Bonchev–Trinajstić information content (AvgIpc) is 2.40. The van der Waals surface area contributed by atoms with E-state index in [-0.39, 0.29) is 10.4 Å². The molecule has 1 saturated carbocycles. The van der Waals surface area contributed by atoms with Gasteiger partial charge in [0.1, 0.15) is 0 Å². The lowest BCUT2D eigenvalue weighted by molar-refractivity contribution is 0.278. The van der Waals surface area contributed by atoms with Gasteiger partial charge in [-0.25, -0.2) is 0 Å². The highest BCUT2D eigenvalue weighted by Gasteiger charge is 2.20. The third kappa shape index (κ3) is 3.69. The van der Waals surface area contributed by atoms with Gasteiger partial charge in [-0.1, -0.05) is 37.8 Å². The third-order valence-corrected chi connectivity index (χ3v) is 4.14. The first-order valence-corrected chi connectivity index (χ1v) is 7.24. The number of hydrogen-bond donors (Lipinski definition) is 1. The number of aromatic nitrogens is 3. The van der Waals surface area contributed by atoms with Gasteiger partial charge in [0.2, 0.25) is 5.28 Å². The van der Waals surface area contributed by atoms with Gasteiger partial charge in [-0.15, -0.1) is 10.2 Å². The maximum Gasteiger partial charge on any atom is 0.245 e. The molecule has 1 aromatic heterocycles. The molecule has 0 radical (unpaired) electrons. The van der Waals surface area contributed by atoms with E-state index in [0.29, 0.717) is 11.7 Å². The van der Waals surface area contributed by atoms with Crippen LogP contribution in [0.15, 0.2) is 0 Å². The SMILES string of the molecule is CCC1CCC(CNc2nc(Cl)nnc2Cl)CC1.